The fourth-order valence-electron chi connectivity index (χ4n) is 2.96. The molecule has 0 unspecified atom stereocenters. The Hall–Kier alpha value is -2.20. The Labute approximate surface area is 164 Å². The van der Waals surface area contributed by atoms with Gasteiger partial charge in [-0.3, -0.25) is 28.9 Å². The Kier molecular flexibility index (Phi) is 11.8. The van der Waals surface area contributed by atoms with Gasteiger partial charge in [-0.05, 0) is 37.5 Å². The first-order chi connectivity index (χ1) is 13.4. The quantitative estimate of drug-likeness (QED) is 0.278. The molecule has 2 amide bonds. The lowest BCUT2D eigenvalue weighted by Crippen LogP contribution is -2.30. The molecule has 1 fully saturated rings. The van der Waals surface area contributed by atoms with Gasteiger partial charge in [-0.1, -0.05) is 0 Å². The molecule has 1 aliphatic carbocycles. The molecule has 10 nitrogen and oxygen atoms in total. The van der Waals surface area contributed by atoms with E-state index in [2.05, 4.69) is 20.4 Å². The van der Waals surface area contributed by atoms with Crippen LogP contribution >= 0.6 is 0 Å². The summed E-state index contributed by atoms with van der Waals surface area (Å²) >= 11 is 0. The van der Waals surface area contributed by atoms with Crippen LogP contribution in [0.5, 0.6) is 0 Å². The monoisotopic (exact) mass is 402 g/mol. The number of ether oxygens (including phenoxy) is 2. The molecule has 0 saturated heterocycles. The molecule has 10 heteroatoms. The Bertz CT molecular complexity index is 472. The average molecular weight is 402 g/mol. The molecule has 160 valence electrons. The van der Waals surface area contributed by atoms with Gasteiger partial charge in [-0.25, -0.2) is 11.0 Å². The molecule has 0 aliphatic heterocycles. The van der Waals surface area contributed by atoms with Crippen LogP contribution in [0, 0.1) is 11.8 Å². The van der Waals surface area contributed by atoms with Gasteiger partial charge in [0.2, 0.25) is 11.8 Å². The summed E-state index contributed by atoms with van der Waals surface area (Å²) in [6.45, 7) is 3.01. The topological polar surface area (TPSA) is 129 Å². The number of hydroxylamine groups is 2. The molecule has 1 saturated carbocycles. The highest BCUT2D eigenvalue weighted by Gasteiger charge is 2.24. The Morgan fingerprint density at radius 2 is 1.04 bits per heavy atom. The average Bonchev–Trinajstić information content (AvgIpc) is 2.62. The van der Waals surface area contributed by atoms with Crippen molar-refractivity contribution in [2.24, 2.45) is 11.8 Å². The minimum absolute atomic E-state index is 0.0935. The van der Waals surface area contributed by atoms with Crippen molar-refractivity contribution in [1.29, 1.82) is 0 Å². The first-order valence-electron chi connectivity index (χ1n) is 9.44. The van der Waals surface area contributed by atoms with Crippen molar-refractivity contribution in [2.75, 3.05) is 26.4 Å². The molecule has 28 heavy (non-hydrogen) atoms. The zero-order valence-electron chi connectivity index (χ0n) is 16.5. The smallest absolute Gasteiger partial charge is 0.302 e. The van der Waals surface area contributed by atoms with Crippen molar-refractivity contribution in [3.8, 4) is 0 Å². The number of amides is 2. The number of hydrogen-bond acceptors (Lipinski definition) is 8. The van der Waals surface area contributed by atoms with Crippen LogP contribution in [0.25, 0.3) is 0 Å². The molecule has 2 N–H and O–H groups in total. The molecular weight excluding hydrogens is 372 g/mol. The first kappa shape index (κ1) is 23.8. The summed E-state index contributed by atoms with van der Waals surface area (Å²) in [6, 6.07) is 0. The highest BCUT2D eigenvalue weighted by Crippen LogP contribution is 2.32. The SMILES string of the molecule is CC(=O)OCCONC(=O)CC1CCC(CC(=O)NOCCOC(C)=O)CC1. The van der Waals surface area contributed by atoms with Crippen molar-refractivity contribution >= 4 is 23.8 Å². The number of esters is 2. The van der Waals surface area contributed by atoms with Crippen molar-refractivity contribution in [1.82, 2.24) is 11.0 Å². The van der Waals surface area contributed by atoms with Gasteiger partial charge in [0.1, 0.15) is 26.4 Å². The first-order valence-corrected chi connectivity index (χ1v) is 9.44. The maximum atomic E-state index is 11.8. The maximum absolute atomic E-state index is 11.8. The molecule has 0 heterocycles. The minimum Gasteiger partial charge on any atom is -0.463 e. The number of hydrogen-bond donors (Lipinski definition) is 2. The standard InChI is InChI=1S/C18H30N2O8/c1-13(21)25-7-9-27-19-17(23)11-15-3-5-16(6-4-15)12-18(24)20-28-10-8-26-14(2)22/h15-16H,3-12H2,1-2H3,(H,19,23)(H,20,24). The largest absolute Gasteiger partial charge is 0.463 e. The summed E-state index contributed by atoms with van der Waals surface area (Å²) in [6.07, 6.45) is 4.20. The van der Waals surface area contributed by atoms with Gasteiger partial charge in [0.25, 0.3) is 0 Å². The van der Waals surface area contributed by atoms with Crippen LogP contribution in [0.2, 0.25) is 0 Å². The molecule has 0 spiro atoms. The molecule has 0 radical (unpaired) electrons. The van der Waals surface area contributed by atoms with E-state index in [1.54, 1.807) is 0 Å². The van der Waals surface area contributed by atoms with Crippen LogP contribution in [0.15, 0.2) is 0 Å². The van der Waals surface area contributed by atoms with Crippen LogP contribution in [0.3, 0.4) is 0 Å². The third kappa shape index (κ3) is 12.2. The van der Waals surface area contributed by atoms with Crippen LogP contribution in [-0.4, -0.2) is 50.2 Å². The summed E-state index contributed by atoms with van der Waals surface area (Å²) < 4.78 is 9.37. The van der Waals surface area contributed by atoms with Gasteiger partial charge in [-0.2, -0.15) is 0 Å². The van der Waals surface area contributed by atoms with E-state index in [1.165, 1.54) is 13.8 Å². The van der Waals surface area contributed by atoms with Crippen molar-refractivity contribution < 1.29 is 38.3 Å². The van der Waals surface area contributed by atoms with E-state index in [0.717, 1.165) is 25.7 Å². The van der Waals surface area contributed by atoms with E-state index in [9.17, 15) is 19.2 Å². The summed E-state index contributed by atoms with van der Waals surface area (Å²) in [5.74, 6) is -0.675. The van der Waals surface area contributed by atoms with E-state index in [1.807, 2.05) is 0 Å². The van der Waals surface area contributed by atoms with Crippen LogP contribution in [0.1, 0.15) is 52.4 Å². The number of carbonyl (C=O) groups excluding carboxylic acids is 4. The van der Waals surface area contributed by atoms with E-state index in [4.69, 9.17) is 9.68 Å². The second-order valence-electron chi connectivity index (χ2n) is 6.72. The van der Waals surface area contributed by atoms with Crippen LogP contribution < -0.4 is 11.0 Å². The Balaban J connectivity index is 2.06. The van der Waals surface area contributed by atoms with Gasteiger partial charge in [0, 0.05) is 26.7 Å². The third-order valence-electron chi connectivity index (χ3n) is 4.27. The van der Waals surface area contributed by atoms with Crippen molar-refractivity contribution in [2.45, 2.75) is 52.4 Å². The van der Waals surface area contributed by atoms with Crippen molar-refractivity contribution in [3.05, 3.63) is 0 Å². The molecule has 1 aliphatic rings. The van der Waals surface area contributed by atoms with E-state index in [0.29, 0.717) is 12.8 Å². The summed E-state index contributed by atoms with van der Waals surface area (Å²) in [5.41, 5.74) is 4.69. The van der Waals surface area contributed by atoms with E-state index >= 15 is 0 Å². The number of carbonyl (C=O) groups is 4. The lowest BCUT2D eigenvalue weighted by Gasteiger charge is -2.27. The van der Waals surface area contributed by atoms with Crippen LogP contribution in [-0.2, 0) is 38.3 Å². The molecule has 1 rings (SSSR count). The fraction of sp³-hybridized carbons (Fsp3) is 0.778. The Morgan fingerprint density at radius 1 is 0.679 bits per heavy atom. The lowest BCUT2D eigenvalue weighted by atomic mass is 9.79. The highest BCUT2D eigenvalue weighted by molar-refractivity contribution is 5.75. The molecule has 0 aromatic rings. The number of nitrogens with one attached hydrogen (secondary N) is 2. The van der Waals surface area contributed by atoms with Gasteiger partial charge in [0.15, 0.2) is 0 Å². The second-order valence-corrected chi connectivity index (χ2v) is 6.72. The third-order valence-corrected chi connectivity index (χ3v) is 4.27. The molecule has 0 aromatic heterocycles. The normalized spacial score (nSPS) is 18.8. The van der Waals surface area contributed by atoms with Gasteiger partial charge >= 0.3 is 11.9 Å². The molecular formula is C18H30N2O8. The molecule has 0 atom stereocenters. The highest BCUT2D eigenvalue weighted by atomic mass is 16.7. The maximum Gasteiger partial charge on any atom is 0.302 e. The zero-order chi connectivity index (χ0) is 20.8. The summed E-state index contributed by atoms with van der Waals surface area (Å²) in [7, 11) is 0. The second kappa shape index (κ2) is 13.9. The van der Waals surface area contributed by atoms with Crippen molar-refractivity contribution in [3.63, 3.8) is 0 Å². The molecule has 0 bridgehead atoms. The predicted octanol–water partition coefficient (Wildman–Crippen LogP) is 0.795. The van der Waals surface area contributed by atoms with E-state index in [-0.39, 0.29) is 50.1 Å². The minimum atomic E-state index is -0.395. The summed E-state index contributed by atoms with van der Waals surface area (Å²) in [5, 5.41) is 0. The van der Waals surface area contributed by atoms with Crippen LogP contribution in [0.4, 0.5) is 0 Å². The fourth-order valence-corrected chi connectivity index (χ4v) is 2.96. The van der Waals surface area contributed by atoms with E-state index < -0.39 is 11.9 Å². The van der Waals surface area contributed by atoms with Gasteiger partial charge < -0.3 is 9.47 Å². The Morgan fingerprint density at radius 3 is 1.36 bits per heavy atom. The molecule has 0 aromatic carbocycles. The summed E-state index contributed by atoms with van der Waals surface area (Å²) in [4.78, 5) is 54.7. The number of rotatable bonds is 12. The predicted molar refractivity (Wildman–Crippen MR) is 96.1 cm³/mol. The van der Waals surface area contributed by atoms with Gasteiger partial charge in [-0.15, -0.1) is 0 Å². The van der Waals surface area contributed by atoms with Gasteiger partial charge in [0.05, 0.1) is 0 Å². The zero-order valence-corrected chi connectivity index (χ0v) is 16.5. The lowest BCUT2D eigenvalue weighted by molar-refractivity contribution is -0.147.